The Labute approximate surface area is 244 Å². The summed E-state index contributed by atoms with van der Waals surface area (Å²) in [7, 11) is 0. The molecular weight excluding hydrogens is 538 g/mol. The second-order valence-electron chi connectivity index (χ2n) is 10.8. The first-order valence-electron chi connectivity index (χ1n) is 14.1. The summed E-state index contributed by atoms with van der Waals surface area (Å²) in [5, 5.41) is 24.3. The number of likely N-dealkylation sites (tertiary alicyclic amines) is 1. The van der Waals surface area contributed by atoms with Crippen LogP contribution in [0, 0.1) is 6.92 Å². The van der Waals surface area contributed by atoms with Crippen LogP contribution in [0.5, 0.6) is 0 Å². The van der Waals surface area contributed by atoms with E-state index in [0.717, 1.165) is 41.2 Å². The predicted molar refractivity (Wildman–Crippen MR) is 159 cm³/mol. The van der Waals surface area contributed by atoms with Crippen molar-refractivity contribution in [2.24, 2.45) is 5.16 Å². The molecule has 1 unspecified atom stereocenters. The van der Waals surface area contributed by atoms with Crippen molar-refractivity contribution in [3.63, 3.8) is 0 Å². The van der Waals surface area contributed by atoms with Crippen LogP contribution in [0.25, 0.3) is 0 Å². The lowest BCUT2D eigenvalue weighted by molar-refractivity contribution is 0.0721. The van der Waals surface area contributed by atoms with E-state index in [0.29, 0.717) is 30.6 Å². The molecule has 3 aromatic rings. The largest absolute Gasteiger partial charge is 0.391 e. The number of oxime groups is 1. The van der Waals surface area contributed by atoms with E-state index in [2.05, 4.69) is 20.8 Å². The van der Waals surface area contributed by atoms with E-state index in [1.165, 1.54) is 0 Å². The molecule has 1 saturated heterocycles. The van der Waals surface area contributed by atoms with E-state index in [1.54, 1.807) is 35.6 Å². The smallest absolute Gasteiger partial charge is 0.254 e. The Bertz CT molecular complexity index is 1380. The summed E-state index contributed by atoms with van der Waals surface area (Å²) in [6.07, 6.45) is 2.11. The van der Waals surface area contributed by atoms with E-state index in [1.807, 2.05) is 54.5 Å². The molecule has 9 nitrogen and oxygen atoms in total. The maximum atomic E-state index is 13.5. The summed E-state index contributed by atoms with van der Waals surface area (Å²) in [6.45, 7) is 5.37. The van der Waals surface area contributed by atoms with Gasteiger partial charge in [0.2, 0.25) is 0 Å². The van der Waals surface area contributed by atoms with Gasteiger partial charge in [0.1, 0.15) is 11.1 Å². The summed E-state index contributed by atoms with van der Waals surface area (Å²) in [5.74, 6) is -0.440. The third-order valence-electron chi connectivity index (χ3n) is 7.49. The van der Waals surface area contributed by atoms with Crippen LogP contribution in [0.4, 0.5) is 0 Å². The highest BCUT2D eigenvalue weighted by Crippen LogP contribution is 2.34. The SMILES string of the molecule is CC1=NOC(CNC[C@@H](O)[C@H](Cc2ccccc2)NC(=O)c2cccc(C(=O)N3CCC[C@@H]3c3nc(C)cs3)c2)C1. The minimum atomic E-state index is -0.848. The molecule has 3 N–H and O–H groups in total. The average Bonchev–Trinajstić information content (AvgIpc) is 3.74. The molecule has 0 bridgehead atoms. The normalized spacial score (nSPS) is 19.9. The van der Waals surface area contributed by atoms with Crippen molar-refractivity contribution in [3.8, 4) is 0 Å². The van der Waals surface area contributed by atoms with Crippen molar-refractivity contribution in [1.82, 2.24) is 20.5 Å². The molecule has 5 rings (SSSR count). The van der Waals surface area contributed by atoms with Gasteiger partial charge in [-0.15, -0.1) is 11.3 Å². The van der Waals surface area contributed by atoms with Crippen LogP contribution in [0.1, 0.15) is 69.2 Å². The molecule has 2 aliphatic heterocycles. The molecule has 4 atom stereocenters. The average molecular weight is 576 g/mol. The lowest BCUT2D eigenvalue weighted by Gasteiger charge is -2.26. The van der Waals surface area contributed by atoms with E-state index in [-0.39, 0.29) is 30.5 Å². The second-order valence-corrected chi connectivity index (χ2v) is 11.7. The molecule has 2 amide bonds. The predicted octanol–water partition coefficient (Wildman–Crippen LogP) is 3.89. The maximum Gasteiger partial charge on any atom is 0.254 e. The van der Waals surface area contributed by atoms with Crippen LogP contribution in [0.2, 0.25) is 0 Å². The van der Waals surface area contributed by atoms with Gasteiger partial charge in [-0.1, -0.05) is 41.6 Å². The van der Waals surface area contributed by atoms with Gasteiger partial charge in [0.25, 0.3) is 11.8 Å². The lowest BCUT2D eigenvalue weighted by atomic mass is 10.00. The number of amides is 2. The van der Waals surface area contributed by atoms with Gasteiger partial charge >= 0.3 is 0 Å². The number of hydrogen-bond donors (Lipinski definition) is 3. The molecule has 41 heavy (non-hydrogen) atoms. The Hall–Kier alpha value is -3.60. The minimum absolute atomic E-state index is 0.0401. The number of thiazole rings is 1. The topological polar surface area (TPSA) is 116 Å². The van der Waals surface area contributed by atoms with Gasteiger partial charge < -0.3 is 25.5 Å². The number of aliphatic hydroxyl groups is 1. The van der Waals surface area contributed by atoms with Crippen LogP contribution < -0.4 is 10.6 Å². The highest BCUT2D eigenvalue weighted by atomic mass is 32.1. The van der Waals surface area contributed by atoms with Crippen LogP contribution in [0.3, 0.4) is 0 Å². The summed E-state index contributed by atoms with van der Waals surface area (Å²) < 4.78 is 0. The number of aliphatic hydroxyl groups excluding tert-OH is 1. The van der Waals surface area contributed by atoms with Gasteiger partial charge in [-0.2, -0.15) is 0 Å². The van der Waals surface area contributed by atoms with E-state index < -0.39 is 12.1 Å². The first kappa shape index (κ1) is 28.9. The Morgan fingerprint density at radius 3 is 2.68 bits per heavy atom. The summed E-state index contributed by atoms with van der Waals surface area (Å²) in [5.41, 5.74) is 3.75. The molecule has 216 valence electrons. The van der Waals surface area contributed by atoms with Crippen molar-refractivity contribution in [1.29, 1.82) is 0 Å². The zero-order valence-corrected chi connectivity index (χ0v) is 24.3. The van der Waals surface area contributed by atoms with E-state index >= 15 is 0 Å². The monoisotopic (exact) mass is 575 g/mol. The fourth-order valence-electron chi connectivity index (χ4n) is 5.37. The van der Waals surface area contributed by atoms with Crippen LogP contribution in [-0.4, -0.2) is 70.4 Å². The minimum Gasteiger partial charge on any atom is -0.391 e. The molecule has 0 aliphatic carbocycles. The second kappa shape index (κ2) is 13.4. The number of aryl methyl sites for hydroxylation is 1. The van der Waals surface area contributed by atoms with Crippen molar-refractivity contribution < 1.29 is 19.5 Å². The Kier molecular flexibility index (Phi) is 9.43. The van der Waals surface area contributed by atoms with Crippen LogP contribution >= 0.6 is 11.3 Å². The Morgan fingerprint density at radius 1 is 1.15 bits per heavy atom. The number of nitrogens with zero attached hydrogens (tertiary/aromatic N) is 3. The summed E-state index contributed by atoms with van der Waals surface area (Å²) in [4.78, 5) is 38.8. The quantitative estimate of drug-likeness (QED) is 0.320. The standard InChI is InChI=1S/C31H37N5O4S/c1-20-14-25(40-35-20)17-32-18-28(37)26(15-22-8-4-3-5-9-22)34-29(38)23-10-6-11-24(16-23)31(39)36-13-7-12-27(36)30-33-21(2)19-41-30/h3-6,8-11,16,19,25-28,32,37H,7,12-15,17-18H2,1-2H3,(H,34,38)/t25?,26-,27+,28+/m0/s1. The third-order valence-corrected chi connectivity index (χ3v) is 8.56. The highest BCUT2D eigenvalue weighted by molar-refractivity contribution is 7.09. The number of benzene rings is 2. The molecular formula is C31H37N5O4S. The van der Waals surface area contributed by atoms with Gasteiger partial charge in [0, 0.05) is 48.3 Å². The first-order valence-corrected chi connectivity index (χ1v) is 15.0. The van der Waals surface area contributed by atoms with Crippen molar-refractivity contribution in [3.05, 3.63) is 87.4 Å². The Balaban J connectivity index is 1.25. The highest BCUT2D eigenvalue weighted by Gasteiger charge is 2.33. The molecule has 1 aromatic heterocycles. The molecule has 2 aromatic carbocycles. The molecule has 10 heteroatoms. The van der Waals surface area contributed by atoms with Crippen molar-refractivity contribution in [2.45, 2.75) is 63.8 Å². The zero-order chi connectivity index (χ0) is 28.8. The number of carbonyl (C=O) groups excluding carboxylic acids is 2. The van der Waals surface area contributed by atoms with Crippen molar-refractivity contribution >= 4 is 28.9 Å². The van der Waals surface area contributed by atoms with E-state index in [4.69, 9.17) is 4.84 Å². The summed E-state index contributed by atoms with van der Waals surface area (Å²) >= 11 is 1.58. The molecule has 3 heterocycles. The summed E-state index contributed by atoms with van der Waals surface area (Å²) in [6, 6.07) is 16.0. The maximum absolute atomic E-state index is 13.5. The zero-order valence-electron chi connectivity index (χ0n) is 23.5. The fourth-order valence-corrected chi connectivity index (χ4v) is 6.31. The first-order chi connectivity index (χ1) is 19.9. The van der Waals surface area contributed by atoms with Gasteiger partial charge in [0.05, 0.1) is 23.9 Å². The Morgan fingerprint density at radius 2 is 1.95 bits per heavy atom. The number of nitrogens with one attached hydrogen (secondary N) is 2. The van der Waals surface area contributed by atoms with Gasteiger partial charge in [-0.05, 0) is 56.9 Å². The van der Waals surface area contributed by atoms with Gasteiger partial charge in [-0.25, -0.2) is 4.98 Å². The molecule has 0 saturated carbocycles. The number of hydrogen-bond acceptors (Lipinski definition) is 8. The van der Waals surface area contributed by atoms with Crippen LogP contribution in [0.15, 0.2) is 65.1 Å². The molecule has 0 radical (unpaired) electrons. The number of rotatable bonds is 11. The lowest BCUT2D eigenvalue weighted by Crippen LogP contribution is -2.49. The number of carbonyl (C=O) groups is 2. The van der Waals surface area contributed by atoms with Crippen molar-refractivity contribution in [2.75, 3.05) is 19.6 Å². The molecule has 0 spiro atoms. The molecule has 2 aliphatic rings. The van der Waals surface area contributed by atoms with Crippen LogP contribution in [-0.2, 0) is 11.3 Å². The van der Waals surface area contributed by atoms with Gasteiger partial charge in [-0.3, -0.25) is 9.59 Å². The van der Waals surface area contributed by atoms with E-state index in [9.17, 15) is 14.7 Å². The third kappa shape index (κ3) is 7.38. The van der Waals surface area contributed by atoms with Gasteiger partial charge in [0.15, 0.2) is 0 Å². The number of aromatic nitrogens is 1. The molecule has 1 fully saturated rings. The fraction of sp³-hybridized carbons (Fsp3) is 0.419.